The van der Waals surface area contributed by atoms with Crippen LogP contribution < -0.4 is 5.73 Å². The molecule has 2 nitrogen and oxygen atoms in total. The molecular formula is C14H28N2. The van der Waals surface area contributed by atoms with Crippen LogP contribution in [0.2, 0.25) is 0 Å². The predicted molar refractivity (Wildman–Crippen MR) is 69.3 cm³/mol. The summed E-state index contributed by atoms with van der Waals surface area (Å²) in [5.74, 6) is 2.56. The van der Waals surface area contributed by atoms with Gasteiger partial charge < -0.3 is 5.73 Å². The second kappa shape index (κ2) is 5.50. The fraction of sp³-hybridized carbons (Fsp3) is 1.00. The second-order valence-electron chi connectivity index (χ2n) is 6.07. The fourth-order valence-corrected chi connectivity index (χ4v) is 3.66. The van der Waals surface area contributed by atoms with E-state index >= 15 is 0 Å². The van der Waals surface area contributed by atoms with E-state index in [0.29, 0.717) is 0 Å². The molecule has 2 N–H and O–H groups in total. The lowest BCUT2D eigenvalue weighted by atomic mass is 9.76. The van der Waals surface area contributed by atoms with E-state index in [1.165, 1.54) is 45.2 Å². The fourth-order valence-electron chi connectivity index (χ4n) is 3.66. The van der Waals surface area contributed by atoms with Gasteiger partial charge in [0.15, 0.2) is 0 Å². The van der Waals surface area contributed by atoms with Gasteiger partial charge in [-0.1, -0.05) is 26.7 Å². The first-order valence-electron chi connectivity index (χ1n) is 7.16. The minimum Gasteiger partial charge on any atom is -0.330 e. The number of nitrogens with two attached hydrogens (primary N) is 1. The molecule has 4 unspecified atom stereocenters. The third-order valence-electron chi connectivity index (χ3n) is 5.02. The normalized spacial score (nSPS) is 42.2. The third kappa shape index (κ3) is 2.60. The standard InChI is InChI=1S/C14H28N2/c1-11-5-3-7-14(12(11)2)16-8-4-6-13(9-15)10-16/h11-14H,3-10,15H2,1-2H3. The van der Waals surface area contributed by atoms with Crippen LogP contribution in [0.5, 0.6) is 0 Å². The first-order valence-corrected chi connectivity index (χ1v) is 7.16. The van der Waals surface area contributed by atoms with E-state index in [2.05, 4.69) is 18.7 Å². The summed E-state index contributed by atoms with van der Waals surface area (Å²) in [6.45, 7) is 8.35. The monoisotopic (exact) mass is 224 g/mol. The third-order valence-corrected chi connectivity index (χ3v) is 5.02. The Balaban J connectivity index is 1.94. The molecular weight excluding hydrogens is 196 g/mol. The largest absolute Gasteiger partial charge is 0.330 e. The average Bonchev–Trinajstić information content (AvgIpc) is 2.33. The molecule has 1 heterocycles. The first-order chi connectivity index (χ1) is 7.72. The van der Waals surface area contributed by atoms with Crippen LogP contribution in [0, 0.1) is 17.8 Å². The van der Waals surface area contributed by atoms with Crippen LogP contribution in [-0.2, 0) is 0 Å². The van der Waals surface area contributed by atoms with Gasteiger partial charge in [-0.2, -0.15) is 0 Å². The summed E-state index contributed by atoms with van der Waals surface area (Å²) >= 11 is 0. The Bertz CT molecular complexity index is 217. The van der Waals surface area contributed by atoms with Crippen molar-refractivity contribution < 1.29 is 0 Å². The zero-order valence-electron chi connectivity index (χ0n) is 11.0. The van der Waals surface area contributed by atoms with Crippen LogP contribution in [0.15, 0.2) is 0 Å². The number of nitrogens with zero attached hydrogens (tertiary/aromatic N) is 1. The van der Waals surface area contributed by atoms with Crippen LogP contribution in [0.1, 0.15) is 46.0 Å². The molecule has 16 heavy (non-hydrogen) atoms. The molecule has 1 aliphatic carbocycles. The maximum absolute atomic E-state index is 5.83. The van der Waals surface area contributed by atoms with Crippen molar-refractivity contribution in [2.75, 3.05) is 19.6 Å². The Morgan fingerprint density at radius 3 is 2.69 bits per heavy atom. The molecule has 1 aliphatic heterocycles. The summed E-state index contributed by atoms with van der Waals surface area (Å²) in [5.41, 5.74) is 5.83. The minimum atomic E-state index is 0.762. The molecule has 2 heteroatoms. The molecule has 0 spiro atoms. The number of likely N-dealkylation sites (tertiary alicyclic amines) is 1. The Kier molecular flexibility index (Phi) is 4.26. The van der Waals surface area contributed by atoms with Gasteiger partial charge in [-0.15, -0.1) is 0 Å². The summed E-state index contributed by atoms with van der Waals surface area (Å²) in [6.07, 6.45) is 7.00. The smallest absolute Gasteiger partial charge is 0.0123 e. The molecule has 1 saturated carbocycles. The van der Waals surface area contributed by atoms with Gasteiger partial charge >= 0.3 is 0 Å². The van der Waals surface area contributed by atoms with Crippen molar-refractivity contribution in [1.82, 2.24) is 4.90 Å². The van der Waals surface area contributed by atoms with Crippen LogP contribution in [0.3, 0.4) is 0 Å². The van der Waals surface area contributed by atoms with Crippen LogP contribution in [0.4, 0.5) is 0 Å². The SMILES string of the molecule is CC1CCCC(N2CCCC(CN)C2)C1C. The molecule has 94 valence electrons. The van der Waals surface area contributed by atoms with Crippen molar-refractivity contribution in [3.63, 3.8) is 0 Å². The molecule has 0 aromatic carbocycles. The van der Waals surface area contributed by atoms with E-state index < -0.39 is 0 Å². The Labute approximate surface area is 101 Å². The van der Waals surface area contributed by atoms with Crippen molar-refractivity contribution in [3.05, 3.63) is 0 Å². The van der Waals surface area contributed by atoms with Gasteiger partial charge in [0.05, 0.1) is 0 Å². The molecule has 0 aromatic rings. The summed E-state index contributed by atoms with van der Waals surface area (Å²) in [6, 6.07) is 0.845. The molecule has 1 saturated heterocycles. The molecule has 0 aromatic heterocycles. The van der Waals surface area contributed by atoms with E-state index in [4.69, 9.17) is 5.73 Å². The second-order valence-corrected chi connectivity index (χ2v) is 6.07. The van der Waals surface area contributed by atoms with Crippen LogP contribution in [0.25, 0.3) is 0 Å². The van der Waals surface area contributed by atoms with Crippen molar-refractivity contribution in [1.29, 1.82) is 0 Å². The van der Waals surface area contributed by atoms with Gasteiger partial charge in [0.2, 0.25) is 0 Å². The van der Waals surface area contributed by atoms with Crippen molar-refractivity contribution in [3.8, 4) is 0 Å². The number of piperidine rings is 1. The van der Waals surface area contributed by atoms with Crippen molar-refractivity contribution >= 4 is 0 Å². The Hall–Kier alpha value is -0.0800. The first kappa shape index (κ1) is 12.4. The van der Waals surface area contributed by atoms with E-state index in [0.717, 1.165) is 30.3 Å². The maximum atomic E-state index is 5.83. The van der Waals surface area contributed by atoms with Gasteiger partial charge in [0, 0.05) is 12.6 Å². The van der Waals surface area contributed by atoms with E-state index in [9.17, 15) is 0 Å². The van der Waals surface area contributed by atoms with Crippen LogP contribution >= 0.6 is 0 Å². The number of hydrogen-bond acceptors (Lipinski definition) is 2. The number of hydrogen-bond donors (Lipinski definition) is 1. The molecule has 0 bridgehead atoms. The van der Waals surface area contributed by atoms with Gasteiger partial charge in [-0.05, 0) is 50.1 Å². The van der Waals surface area contributed by atoms with Gasteiger partial charge in [0.25, 0.3) is 0 Å². The van der Waals surface area contributed by atoms with E-state index in [-0.39, 0.29) is 0 Å². The summed E-state index contributed by atoms with van der Waals surface area (Å²) in [4.78, 5) is 2.75. The zero-order valence-corrected chi connectivity index (χ0v) is 11.0. The minimum absolute atomic E-state index is 0.762. The Morgan fingerprint density at radius 1 is 1.12 bits per heavy atom. The van der Waals surface area contributed by atoms with Crippen molar-refractivity contribution in [2.45, 2.75) is 52.0 Å². The predicted octanol–water partition coefficient (Wildman–Crippen LogP) is 2.48. The lowest BCUT2D eigenvalue weighted by molar-refractivity contribution is 0.0480. The van der Waals surface area contributed by atoms with Gasteiger partial charge in [0.1, 0.15) is 0 Å². The highest BCUT2D eigenvalue weighted by Crippen LogP contribution is 2.34. The maximum Gasteiger partial charge on any atom is 0.0123 e. The molecule has 2 fully saturated rings. The Morgan fingerprint density at radius 2 is 1.94 bits per heavy atom. The molecule has 4 atom stereocenters. The summed E-state index contributed by atoms with van der Waals surface area (Å²) < 4.78 is 0. The van der Waals surface area contributed by atoms with Crippen molar-refractivity contribution in [2.24, 2.45) is 23.5 Å². The quantitative estimate of drug-likeness (QED) is 0.781. The summed E-state index contributed by atoms with van der Waals surface area (Å²) in [7, 11) is 0. The lowest BCUT2D eigenvalue weighted by Crippen LogP contribution is -2.49. The highest BCUT2D eigenvalue weighted by Gasteiger charge is 2.33. The molecule has 0 radical (unpaired) electrons. The van der Waals surface area contributed by atoms with E-state index in [1.54, 1.807) is 0 Å². The topological polar surface area (TPSA) is 29.3 Å². The summed E-state index contributed by atoms with van der Waals surface area (Å²) in [5, 5.41) is 0. The highest BCUT2D eigenvalue weighted by atomic mass is 15.2. The van der Waals surface area contributed by atoms with Gasteiger partial charge in [-0.25, -0.2) is 0 Å². The zero-order chi connectivity index (χ0) is 11.5. The van der Waals surface area contributed by atoms with Crippen LogP contribution in [-0.4, -0.2) is 30.6 Å². The van der Waals surface area contributed by atoms with Gasteiger partial charge in [-0.3, -0.25) is 4.90 Å². The average molecular weight is 224 g/mol. The van der Waals surface area contributed by atoms with E-state index in [1.807, 2.05) is 0 Å². The molecule has 2 aliphatic rings. The molecule has 2 rings (SSSR count). The highest BCUT2D eigenvalue weighted by molar-refractivity contribution is 4.87. The lowest BCUT2D eigenvalue weighted by Gasteiger charge is -2.45. The molecule has 0 amide bonds. The number of rotatable bonds is 2.